The van der Waals surface area contributed by atoms with E-state index in [-0.39, 0.29) is 0 Å². The number of hydrogen-bond acceptors (Lipinski definition) is 2. The molecule has 0 amide bonds. The van der Waals surface area contributed by atoms with Crippen LogP contribution in [0.15, 0.2) is 83.3 Å². The SMILES string of the molecule is COc1ccc(-c2ccccc2)c2oc3cc4ccccc4cc3c12. The lowest BCUT2D eigenvalue weighted by Crippen LogP contribution is -1.85. The van der Waals surface area contributed by atoms with Crippen molar-refractivity contribution in [2.24, 2.45) is 0 Å². The first-order valence-electron chi connectivity index (χ1n) is 8.32. The van der Waals surface area contributed by atoms with Crippen molar-refractivity contribution in [3.63, 3.8) is 0 Å². The van der Waals surface area contributed by atoms with Crippen molar-refractivity contribution in [2.75, 3.05) is 7.11 Å². The summed E-state index contributed by atoms with van der Waals surface area (Å²) in [7, 11) is 1.71. The fraction of sp³-hybridized carbons (Fsp3) is 0.0435. The molecule has 0 radical (unpaired) electrons. The Morgan fingerprint density at radius 1 is 0.760 bits per heavy atom. The molecule has 0 aliphatic rings. The summed E-state index contributed by atoms with van der Waals surface area (Å²) in [4.78, 5) is 0. The quantitative estimate of drug-likeness (QED) is 0.374. The minimum atomic E-state index is 0.837. The lowest BCUT2D eigenvalue weighted by atomic mass is 10.0. The number of ether oxygens (including phenoxy) is 1. The second-order valence-electron chi connectivity index (χ2n) is 6.18. The van der Waals surface area contributed by atoms with Crippen LogP contribution in [0.3, 0.4) is 0 Å². The van der Waals surface area contributed by atoms with E-state index in [4.69, 9.17) is 9.15 Å². The zero-order chi connectivity index (χ0) is 16.8. The Morgan fingerprint density at radius 3 is 2.24 bits per heavy atom. The van der Waals surface area contributed by atoms with E-state index < -0.39 is 0 Å². The molecule has 1 aromatic heterocycles. The Hall–Kier alpha value is -3.26. The minimum absolute atomic E-state index is 0.837. The van der Waals surface area contributed by atoms with Gasteiger partial charge in [-0.25, -0.2) is 0 Å². The predicted molar refractivity (Wildman–Crippen MR) is 103 cm³/mol. The molecule has 25 heavy (non-hydrogen) atoms. The van der Waals surface area contributed by atoms with Crippen LogP contribution in [0.25, 0.3) is 43.8 Å². The Kier molecular flexibility index (Phi) is 3.04. The molecule has 2 heteroatoms. The Balaban J connectivity index is 1.94. The van der Waals surface area contributed by atoms with E-state index in [2.05, 4.69) is 48.5 Å². The summed E-state index contributed by atoms with van der Waals surface area (Å²) in [5.74, 6) is 0.837. The van der Waals surface area contributed by atoms with Gasteiger partial charge in [-0.05, 0) is 40.6 Å². The highest BCUT2D eigenvalue weighted by Crippen LogP contribution is 2.42. The van der Waals surface area contributed by atoms with Crippen LogP contribution in [0.4, 0.5) is 0 Å². The van der Waals surface area contributed by atoms with Gasteiger partial charge < -0.3 is 9.15 Å². The van der Waals surface area contributed by atoms with Crippen molar-refractivity contribution < 1.29 is 9.15 Å². The second-order valence-corrected chi connectivity index (χ2v) is 6.18. The van der Waals surface area contributed by atoms with Crippen molar-refractivity contribution in [3.05, 3.63) is 78.9 Å². The molecule has 0 saturated heterocycles. The first kappa shape index (κ1) is 14.1. The van der Waals surface area contributed by atoms with Gasteiger partial charge in [0.2, 0.25) is 0 Å². The summed E-state index contributed by atoms with van der Waals surface area (Å²) in [5, 5.41) is 4.49. The molecule has 0 aliphatic heterocycles. The molecule has 0 spiro atoms. The summed E-state index contributed by atoms with van der Waals surface area (Å²) in [5.41, 5.74) is 3.97. The molecule has 0 atom stereocenters. The van der Waals surface area contributed by atoms with Crippen molar-refractivity contribution in [3.8, 4) is 16.9 Å². The van der Waals surface area contributed by atoms with Crippen LogP contribution in [-0.2, 0) is 0 Å². The predicted octanol–water partition coefficient (Wildman–Crippen LogP) is 6.41. The molecule has 0 unspecified atom stereocenters. The maximum atomic E-state index is 6.31. The highest BCUT2D eigenvalue weighted by Gasteiger charge is 2.17. The van der Waals surface area contributed by atoms with Gasteiger partial charge >= 0.3 is 0 Å². The number of furan rings is 1. The molecule has 1 heterocycles. The highest BCUT2D eigenvalue weighted by molar-refractivity contribution is 6.15. The Bertz CT molecular complexity index is 1220. The lowest BCUT2D eigenvalue weighted by Gasteiger charge is -2.06. The fourth-order valence-corrected chi connectivity index (χ4v) is 3.55. The molecule has 0 fully saturated rings. The van der Waals surface area contributed by atoms with Crippen LogP contribution in [0.2, 0.25) is 0 Å². The standard InChI is InChI=1S/C23H16O2/c1-24-20-12-11-18(15-7-3-2-4-8-15)23-22(20)19-13-16-9-5-6-10-17(16)14-21(19)25-23/h2-14H,1H3. The maximum absolute atomic E-state index is 6.31. The van der Waals surface area contributed by atoms with Gasteiger partial charge in [-0.1, -0.05) is 54.6 Å². The smallest absolute Gasteiger partial charge is 0.146 e. The first-order valence-corrected chi connectivity index (χ1v) is 8.32. The maximum Gasteiger partial charge on any atom is 0.146 e. The van der Waals surface area contributed by atoms with E-state index in [1.807, 2.05) is 30.3 Å². The number of methoxy groups -OCH3 is 1. The summed E-state index contributed by atoms with van der Waals surface area (Å²) in [6.45, 7) is 0. The van der Waals surface area contributed by atoms with E-state index in [0.29, 0.717) is 0 Å². The number of benzene rings is 4. The van der Waals surface area contributed by atoms with Gasteiger partial charge in [0.1, 0.15) is 16.9 Å². The van der Waals surface area contributed by atoms with E-state index in [9.17, 15) is 0 Å². The molecule has 5 rings (SSSR count). The lowest BCUT2D eigenvalue weighted by molar-refractivity contribution is 0.420. The monoisotopic (exact) mass is 324 g/mol. The van der Waals surface area contributed by atoms with E-state index in [1.165, 1.54) is 10.8 Å². The highest BCUT2D eigenvalue weighted by atomic mass is 16.5. The third-order valence-corrected chi connectivity index (χ3v) is 4.75. The van der Waals surface area contributed by atoms with Crippen LogP contribution in [0.1, 0.15) is 0 Å². The minimum Gasteiger partial charge on any atom is -0.496 e. The van der Waals surface area contributed by atoms with Gasteiger partial charge in [0.25, 0.3) is 0 Å². The van der Waals surface area contributed by atoms with Gasteiger partial charge in [0, 0.05) is 10.9 Å². The second kappa shape index (κ2) is 5.38. The molecular formula is C23H16O2. The average molecular weight is 324 g/mol. The molecule has 5 aromatic rings. The first-order chi connectivity index (χ1) is 12.3. The zero-order valence-electron chi connectivity index (χ0n) is 13.8. The molecule has 120 valence electrons. The van der Waals surface area contributed by atoms with Gasteiger partial charge in [-0.2, -0.15) is 0 Å². The molecule has 4 aromatic carbocycles. The Labute approximate surface area is 145 Å². The Morgan fingerprint density at radius 2 is 1.48 bits per heavy atom. The number of rotatable bonds is 2. The average Bonchev–Trinajstić information content (AvgIpc) is 3.04. The zero-order valence-corrected chi connectivity index (χ0v) is 13.8. The van der Waals surface area contributed by atoms with Crippen LogP contribution in [-0.4, -0.2) is 7.11 Å². The van der Waals surface area contributed by atoms with E-state index >= 15 is 0 Å². The van der Waals surface area contributed by atoms with Crippen LogP contribution >= 0.6 is 0 Å². The van der Waals surface area contributed by atoms with Gasteiger partial charge in [-0.3, -0.25) is 0 Å². The van der Waals surface area contributed by atoms with Crippen molar-refractivity contribution >= 4 is 32.7 Å². The molecule has 0 bridgehead atoms. The van der Waals surface area contributed by atoms with Crippen LogP contribution in [0.5, 0.6) is 5.75 Å². The molecule has 0 N–H and O–H groups in total. The largest absolute Gasteiger partial charge is 0.496 e. The summed E-state index contributed by atoms with van der Waals surface area (Å²) in [6.07, 6.45) is 0. The molecule has 0 saturated carbocycles. The van der Waals surface area contributed by atoms with E-state index in [0.717, 1.165) is 38.8 Å². The van der Waals surface area contributed by atoms with Crippen molar-refractivity contribution in [1.82, 2.24) is 0 Å². The van der Waals surface area contributed by atoms with E-state index in [1.54, 1.807) is 7.11 Å². The van der Waals surface area contributed by atoms with Crippen molar-refractivity contribution in [2.45, 2.75) is 0 Å². The van der Waals surface area contributed by atoms with Gasteiger partial charge in [0.05, 0.1) is 12.5 Å². The third kappa shape index (κ3) is 2.11. The van der Waals surface area contributed by atoms with Crippen LogP contribution < -0.4 is 4.74 Å². The number of hydrogen-bond donors (Lipinski definition) is 0. The van der Waals surface area contributed by atoms with Gasteiger partial charge in [0.15, 0.2) is 0 Å². The normalized spacial score (nSPS) is 11.4. The summed E-state index contributed by atoms with van der Waals surface area (Å²) >= 11 is 0. The third-order valence-electron chi connectivity index (χ3n) is 4.75. The van der Waals surface area contributed by atoms with Crippen LogP contribution in [0, 0.1) is 0 Å². The number of fused-ring (bicyclic) bond motifs is 4. The summed E-state index contributed by atoms with van der Waals surface area (Å²) < 4.78 is 11.9. The topological polar surface area (TPSA) is 22.4 Å². The fourth-order valence-electron chi connectivity index (χ4n) is 3.55. The molecule has 2 nitrogen and oxygen atoms in total. The van der Waals surface area contributed by atoms with Gasteiger partial charge in [-0.15, -0.1) is 0 Å². The molecular weight excluding hydrogens is 308 g/mol. The summed E-state index contributed by atoms with van der Waals surface area (Å²) in [6, 6.07) is 27.0. The van der Waals surface area contributed by atoms with Crippen molar-refractivity contribution in [1.29, 1.82) is 0 Å². The molecule has 0 aliphatic carbocycles.